The van der Waals surface area contributed by atoms with E-state index in [9.17, 15) is 19.8 Å². The highest BCUT2D eigenvalue weighted by molar-refractivity contribution is 7.80. The second kappa shape index (κ2) is 67.3. The maximum Gasteiger partial charge on any atom is 0.500 e. The Morgan fingerprint density at radius 2 is 0.646 bits per heavy atom. The Hall–Kier alpha value is 0.448. The van der Waals surface area contributed by atoms with Gasteiger partial charge in [-0.1, -0.05) is 104 Å². The van der Waals surface area contributed by atoms with Crippen LogP contribution in [-0.2, 0) is 91.1 Å². The number of methoxy groups -OCH3 is 4. The number of hydrogen-bond donors (Lipinski definition) is 7. The standard InChI is InChI=1S/C37H80O13S3Si3.C22H44O7.C6H16O3SSi/c1-10-11-21-33(39-2)35(49-55(43-6,44-7)30-19-27-52)32-36(50-56(45-8,46-9)31-20-28-53)34(40-3)22-16-14-12-13-15-17-23-37(38)47-24-25-48-54(41-4,42-5)29-18-26-51;1-4-5-12-20(27-2)18(24)17-19(25)21(28-3)13-10-8-6-7-9-11-14-22(26)29-16-15-23;1-7-11(8-2,9-3)6-4-5-10/h33-36,51-53H,10-32H2,1-9H3;18-21,23-25H,4-17H2,1-3H3;10H,4-6H2,1-3H3. The molecule has 0 radical (unpaired) electrons. The summed E-state index contributed by atoms with van der Waals surface area (Å²) in [5, 5.41) is 29.4. The lowest BCUT2D eigenvalue weighted by Gasteiger charge is -2.40. The quantitative estimate of drug-likeness (QED) is 0.0129. The maximum absolute atomic E-state index is 12.3. The first kappa shape index (κ1) is 101. The van der Waals surface area contributed by atoms with Gasteiger partial charge in [0.1, 0.15) is 13.2 Å². The monoisotopic (exact) mass is 1530 g/mol. The number of unbranched alkanes of at least 4 members (excludes halogenated alkanes) is 12. The van der Waals surface area contributed by atoms with Crippen molar-refractivity contribution in [2.45, 2.75) is 267 Å². The van der Waals surface area contributed by atoms with Gasteiger partial charge in [-0.2, -0.15) is 50.5 Å². The molecule has 96 heavy (non-hydrogen) atoms. The van der Waals surface area contributed by atoms with E-state index in [1.165, 1.54) is 0 Å². The fraction of sp³-hybridized carbons (Fsp3) is 0.969. The average Bonchev–Trinajstić information content (AvgIpc) is 0.841. The zero-order chi connectivity index (χ0) is 72.8. The van der Waals surface area contributed by atoms with Gasteiger partial charge in [0.05, 0.1) is 62.0 Å². The van der Waals surface area contributed by atoms with Gasteiger partial charge in [-0.05, 0) is 87.2 Å². The Balaban J connectivity index is -0.00000178. The molecule has 0 aliphatic heterocycles. The van der Waals surface area contributed by atoms with E-state index >= 15 is 0 Å². The van der Waals surface area contributed by atoms with Crippen LogP contribution in [0.1, 0.15) is 194 Å². The summed E-state index contributed by atoms with van der Waals surface area (Å²) in [6.07, 6.45) is 20.6. The zero-order valence-corrected chi connectivity index (χ0v) is 69.8. The van der Waals surface area contributed by atoms with Crippen molar-refractivity contribution in [2.24, 2.45) is 0 Å². The third-order valence-electron chi connectivity index (χ3n) is 16.8. The van der Waals surface area contributed by atoms with Crippen LogP contribution in [0.15, 0.2) is 0 Å². The van der Waals surface area contributed by atoms with Crippen LogP contribution >= 0.6 is 50.5 Å². The smallest absolute Gasteiger partial charge is 0.463 e. The number of esters is 2. The number of carbonyl (C=O) groups is 2. The summed E-state index contributed by atoms with van der Waals surface area (Å²) >= 11 is 17.3. The molecular formula is C65H140O23S4Si4. The van der Waals surface area contributed by atoms with Crippen molar-refractivity contribution in [3.05, 3.63) is 0 Å². The predicted molar refractivity (Wildman–Crippen MR) is 401 cm³/mol. The molecule has 0 aliphatic rings. The SMILES string of the molecule is CCCCC(OC)C(CC(O[Si](CCCS)(OC)OC)C(CCCCCCCCC(=O)OCCO[Si](CCCS)(OC)OC)OC)O[Si](CCCS)(OC)OC.CCCCC(OC)C(O)CC(O)C(CCCCCCCCC(=O)OCCO)OC.CO[Si](CCCS)(OC)OC. The summed E-state index contributed by atoms with van der Waals surface area (Å²) in [5.74, 6) is 2.49. The molecule has 3 N–H and O–H groups in total. The molecule has 8 atom stereocenters. The van der Waals surface area contributed by atoms with E-state index in [2.05, 4.69) is 64.4 Å². The average molecular weight is 1530 g/mol. The molecule has 0 aliphatic carbocycles. The number of aliphatic hydroxyl groups excluding tert-OH is 3. The van der Waals surface area contributed by atoms with Gasteiger partial charge >= 0.3 is 47.2 Å². The van der Waals surface area contributed by atoms with E-state index in [1.807, 2.05) is 0 Å². The summed E-state index contributed by atoms with van der Waals surface area (Å²) < 4.78 is 104. The predicted octanol–water partition coefficient (Wildman–Crippen LogP) is 11.9. The lowest BCUT2D eigenvalue weighted by molar-refractivity contribution is -0.145. The van der Waals surface area contributed by atoms with E-state index in [1.54, 1.807) is 92.4 Å². The lowest BCUT2D eigenvalue weighted by atomic mass is 9.96. The number of carbonyl (C=O) groups excluding carboxylic acids is 2. The molecule has 8 unspecified atom stereocenters. The Morgan fingerprint density at radius 3 is 0.979 bits per heavy atom. The molecule has 0 saturated carbocycles. The van der Waals surface area contributed by atoms with Gasteiger partial charge in [0.15, 0.2) is 0 Å². The van der Waals surface area contributed by atoms with E-state index in [-0.39, 0.29) is 75.3 Å². The minimum absolute atomic E-state index is 0.0766. The highest BCUT2D eigenvalue weighted by Crippen LogP contribution is 2.32. The molecule has 0 aromatic heterocycles. The molecule has 0 aromatic carbocycles. The van der Waals surface area contributed by atoms with Crippen LogP contribution in [0.3, 0.4) is 0 Å². The molecule has 23 nitrogen and oxygen atoms in total. The van der Waals surface area contributed by atoms with Crippen LogP contribution < -0.4 is 0 Å². The molecule has 0 saturated heterocycles. The number of hydrogen-bond acceptors (Lipinski definition) is 27. The van der Waals surface area contributed by atoms with Gasteiger partial charge in [-0.3, -0.25) is 9.59 Å². The van der Waals surface area contributed by atoms with Crippen LogP contribution in [0.4, 0.5) is 0 Å². The second-order valence-corrected chi connectivity index (χ2v) is 37.2. The highest BCUT2D eigenvalue weighted by Gasteiger charge is 2.48. The Morgan fingerprint density at radius 1 is 0.344 bits per heavy atom. The third-order valence-corrected chi connectivity index (χ3v) is 29.5. The zero-order valence-electron chi connectivity index (χ0n) is 62.2. The molecule has 0 heterocycles. The minimum atomic E-state index is -3.09. The number of thiol groups is 4. The third kappa shape index (κ3) is 47.7. The van der Waals surface area contributed by atoms with Crippen molar-refractivity contribution in [1.29, 1.82) is 0 Å². The molecule has 0 bridgehead atoms. The Kier molecular flexibility index (Phi) is 70.6. The summed E-state index contributed by atoms with van der Waals surface area (Å²) in [7, 11) is 10.1. The van der Waals surface area contributed by atoms with Crippen LogP contribution in [-0.4, -0.2) is 253 Å². The van der Waals surface area contributed by atoms with Crippen molar-refractivity contribution < 1.29 is 106 Å². The molecule has 31 heteroatoms. The molecular weight excluding hydrogens is 1390 g/mol. The van der Waals surface area contributed by atoms with Crippen molar-refractivity contribution in [1.82, 2.24) is 0 Å². The Labute approximate surface area is 608 Å². The number of ether oxygens (including phenoxy) is 6. The molecule has 0 amide bonds. The van der Waals surface area contributed by atoms with Crippen LogP contribution in [0, 0.1) is 0 Å². The minimum Gasteiger partial charge on any atom is -0.463 e. The van der Waals surface area contributed by atoms with Gasteiger partial charge in [-0.25, -0.2) is 0 Å². The van der Waals surface area contributed by atoms with E-state index < -0.39 is 53.5 Å². The largest absolute Gasteiger partial charge is 0.500 e. The van der Waals surface area contributed by atoms with Gasteiger partial charge in [0.2, 0.25) is 0 Å². The number of aliphatic hydroxyl groups is 3. The van der Waals surface area contributed by atoms with Gasteiger partial charge in [0.25, 0.3) is 0 Å². The fourth-order valence-electron chi connectivity index (χ4n) is 10.9. The summed E-state index contributed by atoms with van der Waals surface area (Å²) in [6.45, 7) is 4.63. The first-order valence-corrected chi connectivity index (χ1v) is 45.3. The highest BCUT2D eigenvalue weighted by atomic mass is 32.1. The molecule has 0 spiro atoms. The second-order valence-electron chi connectivity index (χ2n) is 23.5. The topological polar surface area (TPSA) is 261 Å². The molecule has 578 valence electrons. The fourth-order valence-corrected chi connectivity index (χ4v) is 20.8. The van der Waals surface area contributed by atoms with E-state index in [4.69, 9.17) is 86.6 Å². The summed E-state index contributed by atoms with van der Waals surface area (Å²) in [6, 6.07) is 2.77. The van der Waals surface area contributed by atoms with E-state index in [0.29, 0.717) is 48.9 Å². The summed E-state index contributed by atoms with van der Waals surface area (Å²) in [4.78, 5) is 23.6. The van der Waals surface area contributed by atoms with Crippen LogP contribution in [0.2, 0.25) is 24.2 Å². The number of rotatable bonds is 67. The van der Waals surface area contributed by atoms with E-state index in [0.717, 1.165) is 172 Å². The molecule has 0 fully saturated rings. The van der Waals surface area contributed by atoms with Gasteiger partial charge < -0.3 is 96.9 Å². The summed E-state index contributed by atoms with van der Waals surface area (Å²) in [5.41, 5.74) is 0. The van der Waals surface area contributed by atoms with Crippen LogP contribution in [0.5, 0.6) is 0 Å². The van der Waals surface area contributed by atoms with Gasteiger partial charge in [0, 0.05) is 142 Å². The first-order valence-electron chi connectivity index (χ1n) is 35.1. The maximum atomic E-state index is 12.3. The van der Waals surface area contributed by atoms with Crippen molar-refractivity contribution >= 4 is 97.7 Å². The molecule has 0 aromatic rings. The van der Waals surface area contributed by atoms with Crippen LogP contribution in [0.25, 0.3) is 0 Å². The van der Waals surface area contributed by atoms with Crippen molar-refractivity contribution in [2.75, 3.05) is 142 Å². The molecule has 0 rings (SSSR count). The lowest BCUT2D eigenvalue weighted by Crippen LogP contribution is -2.54. The van der Waals surface area contributed by atoms with Crippen molar-refractivity contribution in [3.8, 4) is 0 Å². The van der Waals surface area contributed by atoms with Crippen molar-refractivity contribution in [3.63, 3.8) is 0 Å². The van der Waals surface area contributed by atoms with Gasteiger partial charge in [-0.15, -0.1) is 0 Å². The first-order chi connectivity index (χ1) is 46.3. The normalized spacial score (nSPS) is 14.8. The Bertz CT molecular complexity index is 1700.